The van der Waals surface area contributed by atoms with Gasteiger partial charge in [0, 0.05) is 22.2 Å². The molecule has 4 aromatic carbocycles. The van der Waals surface area contributed by atoms with E-state index in [0.29, 0.717) is 22.1 Å². The fourth-order valence-electron chi connectivity index (χ4n) is 4.41. The van der Waals surface area contributed by atoms with E-state index in [0.717, 1.165) is 11.1 Å². The number of nitriles is 1. The quantitative estimate of drug-likeness (QED) is 0.0841. The summed E-state index contributed by atoms with van der Waals surface area (Å²) in [6.07, 6.45) is 0. The molecule has 1 heterocycles. The number of rotatable bonds is 8. The van der Waals surface area contributed by atoms with Gasteiger partial charge in [0.1, 0.15) is 45.5 Å². The number of allylic oxidation sites excluding steroid dienone is 1. The smallest absolute Gasteiger partial charge is 0.349 e. The van der Waals surface area contributed by atoms with Crippen LogP contribution < -0.4 is 24.7 Å². The third kappa shape index (κ3) is 6.62. The summed E-state index contributed by atoms with van der Waals surface area (Å²) in [7, 11) is 0. The summed E-state index contributed by atoms with van der Waals surface area (Å²) in [5.74, 6) is -0.588. The molecule has 1 aliphatic heterocycles. The maximum Gasteiger partial charge on any atom is 0.349 e. The van der Waals surface area contributed by atoms with E-state index in [1.165, 1.54) is 6.07 Å². The number of carbonyl (C=O) groups excluding carboxylic acids is 1. The molecule has 7 nitrogen and oxygen atoms in total. The van der Waals surface area contributed by atoms with Gasteiger partial charge in [0.05, 0.1) is 21.0 Å². The molecule has 13 heteroatoms. The summed E-state index contributed by atoms with van der Waals surface area (Å²) in [5.41, 5.74) is 8.56. The van der Waals surface area contributed by atoms with Gasteiger partial charge in [0.2, 0.25) is 5.88 Å². The van der Waals surface area contributed by atoms with Gasteiger partial charge in [0.25, 0.3) is 0 Å². The largest absolute Gasteiger partial charge is 0.489 e. The molecule has 44 heavy (non-hydrogen) atoms. The van der Waals surface area contributed by atoms with Crippen LogP contribution in [0.1, 0.15) is 22.6 Å². The first-order valence-electron chi connectivity index (χ1n) is 12.6. The average Bonchev–Trinajstić information content (AvgIpc) is 3.02. The van der Waals surface area contributed by atoms with E-state index in [9.17, 15) is 10.1 Å². The van der Waals surface area contributed by atoms with Crippen LogP contribution in [0.3, 0.4) is 0 Å². The number of nitrogens with zero attached hydrogens (tertiary/aromatic N) is 1. The summed E-state index contributed by atoms with van der Waals surface area (Å²) >= 11 is 36.7. The van der Waals surface area contributed by atoms with E-state index in [1.807, 2.05) is 36.4 Å². The summed E-state index contributed by atoms with van der Waals surface area (Å²) in [5, 5.41) is 10.1. The summed E-state index contributed by atoms with van der Waals surface area (Å²) < 4.78 is 22.6. The van der Waals surface area contributed by atoms with Crippen molar-refractivity contribution in [2.45, 2.75) is 12.5 Å². The van der Waals surface area contributed by atoms with Crippen molar-refractivity contribution in [1.82, 2.24) is 0 Å². The van der Waals surface area contributed by atoms with Gasteiger partial charge in [0.15, 0.2) is 12.4 Å². The van der Waals surface area contributed by atoms with E-state index in [4.69, 9.17) is 94.3 Å². The number of fused-ring (bicyclic) bond motifs is 1. The minimum absolute atomic E-state index is 0.0464. The van der Waals surface area contributed by atoms with E-state index in [1.54, 1.807) is 24.3 Å². The third-order valence-corrected chi connectivity index (χ3v) is 9.08. The van der Waals surface area contributed by atoms with Crippen LogP contribution in [0.2, 0.25) is 30.1 Å². The standard InChI is InChI=1S/C31H18Cl6N2O5/c32-21-7-2-1-4-16(21)13-41-17-6-3-5-15(10-17)24-19-9-8-18(11-22(19)44-31(39)20(24)12-38)43-23(40)14-42-30-28(36)26(34)25(33)27(35)29(30)37/h1-11,24H,13-14,39H2. The maximum atomic E-state index is 12.6. The van der Waals surface area contributed by atoms with Crippen LogP contribution in [0.25, 0.3) is 0 Å². The van der Waals surface area contributed by atoms with Crippen LogP contribution in [0, 0.1) is 11.3 Å². The molecule has 2 N–H and O–H groups in total. The van der Waals surface area contributed by atoms with Crippen molar-refractivity contribution < 1.29 is 23.7 Å². The zero-order chi connectivity index (χ0) is 31.5. The summed E-state index contributed by atoms with van der Waals surface area (Å²) in [4.78, 5) is 12.6. The lowest BCUT2D eigenvalue weighted by atomic mass is 9.83. The maximum absolute atomic E-state index is 12.6. The minimum atomic E-state index is -0.795. The van der Waals surface area contributed by atoms with Crippen LogP contribution in [0.5, 0.6) is 23.0 Å². The predicted octanol–water partition coefficient (Wildman–Crippen LogP) is 9.39. The second kappa shape index (κ2) is 13.7. The van der Waals surface area contributed by atoms with Gasteiger partial charge in [-0.1, -0.05) is 106 Å². The first kappa shape index (κ1) is 31.9. The molecule has 0 aromatic heterocycles. The Bertz CT molecular complexity index is 1830. The van der Waals surface area contributed by atoms with Crippen molar-refractivity contribution in [2.24, 2.45) is 5.73 Å². The van der Waals surface area contributed by atoms with E-state index in [2.05, 4.69) is 6.07 Å². The molecule has 1 aliphatic rings. The van der Waals surface area contributed by atoms with Crippen molar-refractivity contribution in [1.29, 1.82) is 5.26 Å². The van der Waals surface area contributed by atoms with Gasteiger partial charge < -0.3 is 24.7 Å². The highest BCUT2D eigenvalue weighted by molar-refractivity contribution is 6.55. The lowest BCUT2D eigenvalue weighted by Gasteiger charge is -2.27. The van der Waals surface area contributed by atoms with Crippen molar-refractivity contribution in [3.05, 3.63) is 125 Å². The molecule has 4 aromatic rings. The van der Waals surface area contributed by atoms with Gasteiger partial charge in [-0.2, -0.15) is 5.26 Å². The molecule has 0 bridgehead atoms. The fourth-order valence-corrected chi connectivity index (χ4v) is 5.83. The normalized spacial score (nSPS) is 13.9. The highest BCUT2D eigenvalue weighted by Gasteiger charge is 2.31. The van der Waals surface area contributed by atoms with E-state index in [-0.39, 0.29) is 54.7 Å². The van der Waals surface area contributed by atoms with Crippen molar-refractivity contribution in [2.75, 3.05) is 6.61 Å². The van der Waals surface area contributed by atoms with Crippen molar-refractivity contribution in [3.63, 3.8) is 0 Å². The second-order valence-electron chi connectivity index (χ2n) is 9.24. The minimum Gasteiger partial charge on any atom is -0.489 e. The Kier molecular flexibility index (Phi) is 9.91. The third-order valence-electron chi connectivity index (χ3n) is 6.47. The molecule has 224 valence electrons. The lowest BCUT2D eigenvalue weighted by molar-refractivity contribution is -0.136. The zero-order valence-corrected chi connectivity index (χ0v) is 26.7. The van der Waals surface area contributed by atoms with Crippen LogP contribution in [0.4, 0.5) is 0 Å². The van der Waals surface area contributed by atoms with Gasteiger partial charge in [-0.05, 0) is 29.8 Å². The van der Waals surface area contributed by atoms with Crippen LogP contribution >= 0.6 is 69.6 Å². The molecule has 5 rings (SSSR count). The molecule has 0 saturated heterocycles. The summed E-state index contributed by atoms with van der Waals surface area (Å²) in [6, 6.07) is 21.5. The van der Waals surface area contributed by atoms with Crippen molar-refractivity contribution >= 4 is 75.6 Å². The number of hydrogen-bond acceptors (Lipinski definition) is 7. The topological polar surface area (TPSA) is 104 Å². The van der Waals surface area contributed by atoms with Crippen LogP contribution in [0.15, 0.2) is 78.2 Å². The van der Waals surface area contributed by atoms with Crippen molar-refractivity contribution in [3.8, 4) is 29.1 Å². The number of halogens is 6. The Morgan fingerprint density at radius 3 is 2.25 bits per heavy atom. The highest BCUT2D eigenvalue weighted by Crippen LogP contribution is 2.48. The Morgan fingerprint density at radius 1 is 0.841 bits per heavy atom. The first-order valence-corrected chi connectivity index (χ1v) is 14.9. The second-order valence-corrected chi connectivity index (χ2v) is 11.5. The number of esters is 1. The number of hydrogen-bond donors (Lipinski definition) is 1. The number of benzene rings is 4. The molecule has 0 aliphatic carbocycles. The molecular formula is C31H18Cl6N2O5. The molecule has 1 atom stereocenters. The summed E-state index contributed by atoms with van der Waals surface area (Å²) in [6.45, 7) is -0.332. The van der Waals surface area contributed by atoms with E-state index >= 15 is 0 Å². The Labute approximate surface area is 282 Å². The van der Waals surface area contributed by atoms with Crippen LogP contribution in [-0.4, -0.2) is 12.6 Å². The fraction of sp³-hybridized carbons (Fsp3) is 0.0968. The van der Waals surface area contributed by atoms with Gasteiger partial charge in [-0.15, -0.1) is 0 Å². The molecule has 0 fully saturated rings. The van der Waals surface area contributed by atoms with E-state index < -0.39 is 18.5 Å². The highest BCUT2D eigenvalue weighted by atomic mass is 35.5. The average molecular weight is 711 g/mol. The van der Waals surface area contributed by atoms with Crippen LogP contribution in [-0.2, 0) is 11.4 Å². The first-order chi connectivity index (χ1) is 21.1. The van der Waals surface area contributed by atoms with Gasteiger partial charge in [-0.25, -0.2) is 4.79 Å². The SMILES string of the molecule is N#CC1=C(N)Oc2cc(OC(=O)COc3c(Cl)c(Cl)c(Cl)c(Cl)c3Cl)ccc2C1c1cccc(OCc2ccccc2Cl)c1. The molecule has 1 unspecified atom stereocenters. The molecule has 0 amide bonds. The number of carbonyl (C=O) groups is 1. The predicted molar refractivity (Wildman–Crippen MR) is 171 cm³/mol. The molecule has 0 radical (unpaired) electrons. The zero-order valence-electron chi connectivity index (χ0n) is 22.2. The molecule has 0 saturated carbocycles. The van der Waals surface area contributed by atoms with Gasteiger partial charge in [-0.3, -0.25) is 0 Å². The Hall–Kier alpha value is -3.48. The van der Waals surface area contributed by atoms with Gasteiger partial charge >= 0.3 is 5.97 Å². The molecular weight excluding hydrogens is 693 g/mol. The number of ether oxygens (including phenoxy) is 4. The lowest BCUT2D eigenvalue weighted by Crippen LogP contribution is -2.22. The molecule has 0 spiro atoms. The monoisotopic (exact) mass is 708 g/mol. The number of nitrogens with two attached hydrogens (primary N) is 1. The Morgan fingerprint density at radius 2 is 1.55 bits per heavy atom. The Balaban J connectivity index is 1.35.